The molecule has 1 amide bonds. The van der Waals surface area contributed by atoms with Gasteiger partial charge in [-0.2, -0.15) is 4.31 Å². The zero-order chi connectivity index (χ0) is 19.6. The van der Waals surface area contributed by atoms with Crippen molar-refractivity contribution in [2.45, 2.75) is 11.8 Å². The molecule has 0 saturated carbocycles. The van der Waals surface area contributed by atoms with E-state index in [2.05, 4.69) is 22.6 Å². The van der Waals surface area contributed by atoms with Crippen LogP contribution >= 0.6 is 22.6 Å². The maximum absolute atomic E-state index is 12.8. The lowest BCUT2D eigenvalue weighted by Gasteiger charge is -2.34. The minimum absolute atomic E-state index is 0.0867. The van der Waals surface area contributed by atoms with Gasteiger partial charge in [0.1, 0.15) is 0 Å². The SMILES string of the molecule is CC(=O)c1ccc(S(=O)(=O)N2CCN(C(=O)c3cccc(I)c3)CC2)cc1. The van der Waals surface area contributed by atoms with Crippen molar-refractivity contribution >= 4 is 44.3 Å². The van der Waals surface area contributed by atoms with Crippen LogP contribution in [0.1, 0.15) is 27.6 Å². The lowest BCUT2D eigenvalue weighted by Crippen LogP contribution is -2.50. The normalized spacial score (nSPS) is 15.6. The van der Waals surface area contributed by atoms with Crippen LogP contribution in [0.5, 0.6) is 0 Å². The summed E-state index contributed by atoms with van der Waals surface area (Å²) in [6.07, 6.45) is 0. The molecule has 0 aliphatic carbocycles. The Morgan fingerprint density at radius 3 is 2.11 bits per heavy atom. The number of nitrogens with zero attached hydrogens (tertiary/aromatic N) is 2. The summed E-state index contributed by atoms with van der Waals surface area (Å²) in [6.45, 7) is 2.61. The lowest BCUT2D eigenvalue weighted by molar-refractivity contribution is 0.0697. The number of hydrogen-bond acceptors (Lipinski definition) is 4. The summed E-state index contributed by atoms with van der Waals surface area (Å²) >= 11 is 2.16. The standard InChI is InChI=1S/C19H19IN2O4S/c1-14(23)15-5-7-18(8-6-15)27(25,26)22-11-9-21(10-12-22)19(24)16-3-2-4-17(20)13-16/h2-8,13H,9-12H2,1H3. The number of rotatable bonds is 4. The fourth-order valence-corrected chi connectivity index (χ4v) is 4.91. The fraction of sp³-hybridized carbons (Fsp3) is 0.263. The summed E-state index contributed by atoms with van der Waals surface area (Å²) < 4.78 is 28.0. The average molecular weight is 498 g/mol. The molecule has 0 atom stereocenters. The summed E-state index contributed by atoms with van der Waals surface area (Å²) in [7, 11) is -3.64. The number of carbonyl (C=O) groups is 2. The number of sulfonamides is 1. The van der Waals surface area contributed by atoms with Crippen LogP contribution in [0.3, 0.4) is 0 Å². The number of ketones is 1. The van der Waals surface area contributed by atoms with Crippen molar-refractivity contribution in [1.82, 2.24) is 9.21 Å². The van der Waals surface area contributed by atoms with Gasteiger partial charge < -0.3 is 4.90 Å². The van der Waals surface area contributed by atoms with Crippen LogP contribution in [-0.4, -0.2) is 55.5 Å². The molecule has 3 rings (SSSR count). The lowest BCUT2D eigenvalue weighted by atomic mass is 10.2. The highest BCUT2D eigenvalue weighted by Crippen LogP contribution is 2.20. The molecule has 0 radical (unpaired) electrons. The third-order valence-electron chi connectivity index (χ3n) is 4.50. The molecule has 1 aliphatic rings. The third-order valence-corrected chi connectivity index (χ3v) is 7.08. The van der Waals surface area contributed by atoms with E-state index in [0.29, 0.717) is 24.2 Å². The third kappa shape index (κ3) is 4.39. The topological polar surface area (TPSA) is 74.8 Å². The Kier molecular flexibility index (Phi) is 5.97. The molecular formula is C19H19IN2O4S. The van der Waals surface area contributed by atoms with E-state index < -0.39 is 10.0 Å². The van der Waals surface area contributed by atoms with Gasteiger partial charge in [-0.3, -0.25) is 9.59 Å². The molecule has 1 fully saturated rings. The smallest absolute Gasteiger partial charge is 0.253 e. The minimum Gasteiger partial charge on any atom is -0.336 e. The number of hydrogen-bond donors (Lipinski definition) is 0. The Labute approximate surface area is 172 Å². The van der Waals surface area contributed by atoms with Gasteiger partial charge in [-0.1, -0.05) is 18.2 Å². The van der Waals surface area contributed by atoms with Crippen LogP contribution < -0.4 is 0 Å². The maximum Gasteiger partial charge on any atom is 0.253 e. The monoisotopic (exact) mass is 498 g/mol. The van der Waals surface area contributed by atoms with Crippen LogP contribution in [0.15, 0.2) is 53.4 Å². The minimum atomic E-state index is -3.64. The van der Waals surface area contributed by atoms with Gasteiger partial charge in [-0.15, -0.1) is 0 Å². The molecule has 0 spiro atoms. The number of benzene rings is 2. The van der Waals surface area contributed by atoms with Crippen molar-refractivity contribution in [2.75, 3.05) is 26.2 Å². The predicted octanol–water partition coefficient (Wildman–Crippen LogP) is 2.64. The molecular weight excluding hydrogens is 479 g/mol. The second-order valence-corrected chi connectivity index (χ2v) is 9.47. The van der Waals surface area contributed by atoms with E-state index >= 15 is 0 Å². The van der Waals surface area contributed by atoms with Gasteiger partial charge in [0.05, 0.1) is 4.90 Å². The van der Waals surface area contributed by atoms with Gasteiger partial charge in [0.25, 0.3) is 5.91 Å². The van der Waals surface area contributed by atoms with E-state index in [4.69, 9.17) is 0 Å². The first-order valence-corrected chi connectivity index (χ1v) is 11.0. The highest BCUT2D eigenvalue weighted by Gasteiger charge is 2.30. The Bertz CT molecular complexity index is 965. The van der Waals surface area contributed by atoms with Crippen LogP contribution in [0.25, 0.3) is 0 Å². The van der Waals surface area contributed by atoms with E-state index in [0.717, 1.165) is 3.57 Å². The first kappa shape index (κ1) is 20.0. The molecule has 27 heavy (non-hydrogen) atoms. The second kappa shape index (κ2) is 8.07. The highest BCUT2D eigenvalue weighted by molar-refractivity contribution is 14.1. The van der Waals surface area contributed by atoms with Crippen molar-refractivity contribution in [2.24, 2.45) is 0 Å². The fourth-order valence-electron chi connectivity index (χ4n) is 2.95. The molecule has 0 unspecified atom stereocenters. The van der Waals surface area contributed by atoms with E-state index in [9.17, 15) is 18.0 Å². The number of piperazine rings is 1. The van der Waals surface area contributed by atoms with Crippen molar-refractivity contribution in [1.29, 1.82) is 0 Å². The Balaban J connectivity index is 1.69. The van der Waals surface area contributed by atoms with Gasteiger partial charge in [-0.05, 0) is 59.8 Å². The average Bonchev–Trinajstić information content (AvgIpc) is 2.67. The van der Waals surface area contributed by atoms with E-state index in [1.54, 1.807) is 11.0 Å². The summed E-state index contributed by atoms with van der Waals surface area (Å²) in [4.78, 5) is 25.8. The van der Waals surface area contributed by atoms with Crippen LogP contribution in [-0.2, 0) is 10.0 Å². The zero-order valence-electron chi connectivity index (χ0n) is 14.8. The van der Waals surface area contributed by atoms with Gasteiger partial charge >= 0.3 is 0 Å². The summed E-state index contributed by atoms with van der Waals surface area (Å²) in [5.41, 5.74) is 1.08. The van der Waals surface area contributed by atoms with Crippen molar-refractivity contribution in [3.63, 3.8) is 0 Å². The largest absolute Gasteiger partial charge is 0.336 e. The molecule has 8 heteroatoms. The number of halogens is 1. The van der Waals surface area contributed by atoms with Gasteiger partial charge in [0.15, 0.2) is 5.78 Å². The molecule has 0 N–H and O–H groups in total. The maximum atomic E-state index is 12.8. The Morgan fingerprint density at radius 1 is 0.926 bits per heavy atom. The van der Waals surface area contributed by atoms with E-state index in [-0.39, 0.29) is 29.7 Å². The second-order valence-electron chi connectivity index (χ2n) is 6.29. The number of carbonyl (C=O) groups excluding carboxylic acids is 2. The van der Waals surface area contributed by atoms with E-state index in [1.165, 1.54) is 35.5 Å². The first-order valence-electron chi connectivity index (χ1n) is 8.45. The van der Waals surface area contributed by atoms with E-state index in [1.807, 2.05) is 18.2 Å². The molecule has 6 nitrogen and oxygen atoms in total. The molecule has 0 bridgehead atoms. The Hall–Kier alpha value is -1.78. The predicted molar refractivity (Wildman–Crippen MR) is 110 cm³/mol. The Morgan fingerprint density at radius 2 is 1.56 bits per heavy atom. The zero-order valence-corrected chi connectivity index (χ0v) is 17.7. The molecule has 1 saturated heterocycles. The molecule has 2 aromatic rings. The number of Topliss-reactive ketones (excluding diaryl/α,β-unsaturated/α-hetero) is 1. The first-order chi connectivity index (χ1) is 12.8. The molecule has 142 valence electrons. The van der Waals surface area contributed by atoms with Gasteiger partial charge in [0, 0.05) is 40.9 Å². The van der Waals surface area contributed by atoms with Crippen LogP contribution in [0.2, 0.25) is 0 Å². The van der Waals surface area contributed by atoms with Crippen molar-refractivity contribution in [3.8, 4) is 0 Å². The molecule has 1 heterocycles. The molecule has 1 aliphatic heterocycles. The van der Waals surface area contributed by atoms with Crippen molar-refractivity contribution in [3.05, 3.63) is 63.2 Å². The molecule has 2 aromatic carbocycles. The van der Waals surface area contributed by atoms with Crippen molar-refractivity contribution < 1.29 is 18.0 Å². The number of amides is 1. The van der Waals surface area contributed by atoms with Crippen LogP contribution in [0.4, 0.5) is 0 Å². The molecule has 0 aromatic heterocycles. The van der Waals surface area contributed by atoms with Gasteiger partial charge in [0.2, 0.25) is 10.0 Å². The summed E-state index contributed by atoms with van der Waals surface area (Å²) in [6, 6.07) is 13.3. The summed E-state index contributed by atoms with van der Waals surface area (Å²) in [5.74, 6) is -0.196. The highest BCUT2D eigenvalue weighted by atomic mass is 127. The van der Waals surface area contributed by atoms with Crippen LogP contribution in [0, 0.1) is 3.57 Å². The summed E-state index contributed by atoms with van der Waals surface area (Å²) in [5, 5.41) is 0. The van der Waals surface area contributed by atoms with Gasteiger partial charge in [-0.25, -0.2) is 8.42 Å². The quantitative estimate of drug-likeness (QED) is 0.480.